The Morgan fingerprint density at radius 2 is 1.75 bits per heavy atom. The van der Waals surface area contributed by atoms with E-state index in [4.69, 9.17) is 17.3 Å². The molecule has 2 nitrogen and oxygen atoms in total. The Balaban J connectivity index is 2.50. The van der Waals surface area contributed by atoms with Crippen LogP contribution in [-0.2, 0) is 6.54 Å². The molecular formula is C13H12ClNO. The van der Waals surface area contributed by atoms with Crippen LogP contribution in [0.1, 0.15) is 5.56 Å². The summed E-state index contributed by atoms with van der Waals surface area (Å²) in [5, 5.41) is 9.90. The smallest absolute Gasteiger partial charge is 0.115 e. The average Bonchev–Trinajstić information content (AvgIpc) is 2.31. The van der Waals surface area contributed by atoms with Gasteiger partial charge in [-0.1, -0.05) is 29.8 Å². The fraction of sp³-hybridized carbons (Fsp3) is 0.0769. The van der Waals surface area contributed by atoms with Crippen LogP contribution in [0.3, 0.4) is 0 Å². The van der Waals surface area contributed by atoms with Gasteiger partial charge in [-0.05, 0) is 35.4 Å². The molecule has 2 rings (SSSR count). The van der Waals surface area contributed by atoms with Gasteiger partial charge in [-0.15, -0.1) is 0 Å². The lowest BCUT2D eigenvalue weighted by Gasteiger charge is -2.07. The van der Waals surface area contributed by atoms with Crippen molar-refractivity contribution >= 4 is 11.6 Å². The molecule has 0 bridgehead atoms. The molecular weight excluding hydrogens is 222 g/mol. The number of phenolic OH excluding ortho intramolecular Hbond substituents is 1. The summed E-state index contributed by atoms with van der Waals surface area (Å²) in [5.74, 6) is 0.245. The van der Waals surface area contributed by atoms with E-state index in [1.807, 2.05) is 30.3 Å². The van der Waals surface area contributed by atoms with E-state index in [2.05, 4.69) is 0 Å². The van der Waals surface area contributed by atoms with Crippen LogP contribution in [0.25, 0.3) is 11.1 Å². The Bertz CT molecular complexity index is 494. The second kappa shape index (κ2) is 4.56. The summed E-state index contributed by atoms with van der Waals surface area (Å²) >= 11 is 6.12. The standard InChI is InChI=1S/C13H12ClNO/c14-13-6-1-9(8-15)7-12(13)10-2-4-11(16)5-3-10/h1-7,16H,8,15H2. The van der Waals surface area contributed by atoms with Crippen molar-refractivity contribution in [2.75, 3.05) is 0 Å². The molecule has 0 aromatic heterocycles. The zero-order valence-corrected chi connectivity index (χ0v) is 9.41. The molecule has 2 aromatic rings. The third kappa shape index (κ3) is 2.18. The fourth-order valence-electron chi connectivity index (χ4n) is 1.56. The summed E-state index contributed by atoms with van der Waals surface area (Å²) in [6, 6.07) is 12.7. The van der Waals surface area contributed by atoms with Gasteiger partial charge < -0.3 is 10.8 Å². The molecule has 0 unspecified atom stereocenters. The van der Waals surface area contributed by atoms with Gasteiger partial charge in [0.15, 0.2) is 0 Å². The van der Waals surface area contributed by atoms with Crippen molar-refractivity contribution in [2.45, 2.75) is 6.54 Å². The molecule has 2 aromatic carbocycles. The summed E-state index contributed by atoms with van der Waals surface area (Å²) < 4.78 is 0. The molecule has 0 fully saturated rings. The highest BCUT2D eigenvalue weighted by atomic mass is 35.5. The topological polar surface area (TPSA) is 46.2 Å². The van der Waals surface area contributed by atoms with Crippen molar-refractivity contribution in [3.63, 3.8) is 0 Å². The molecule has 0 amide bonds. The molecule has 0 aliphatic rings. The molecule has 3 heteroatoms. The monoisotopic (exact) mass is 233 g/mol. The maximum absolute atomic E-state index is 9.22. The predicted octanol–water partition coefficient (Wildman–Crippen LogP) is 3.17. The number of aromatic hydroxyl groups is 1. The molecule has 0 spiro atoms. The number of rotatable bonds is 2. The van der Waals surface area contributed by atoms with E-state index in [0.717, 1.165) is 16.7 Å². The molecule has 0 radical (unpaired) electrons. The maximum atomic E-state index is 9.22. The van der Waals surface area contributed by atoms with Gasteiger partial charge in [0, 0.05) is 17.1 Å². The fourth-order valence-corrected chi connectivity index (χ4v) is 1.79. The highest BCUT2D eigenvalue weighted by Crippen LogP contribution is 2.29. The van der Waals surface area contributed by atoms with Crippen molar-refractivity contribution in [1.29, 1.82) is 0 Å². The van der Waals surface area contributed by atoms with Gasteiger partial charge in [0.2, 0.25) is 0 Å². The third-order valence-electron chi connectivity index (χ3n) is 2.44. The van der Waals surface area contributed by atoms with Crippen molar-refractivity contribution < 1.29 is 5.11 Å². The summed E-state index contributed by atoms with van der Waals surface area (Å²) in [6.07, 6.45) is 0. The molecule has 0 saturated carbocycles. The van der Waals surface area contributed by atoms with Crippen LogP contribution in [0.15, 0.2) is 42.5 Å². The van der Waals surface area contributed by atoms with Crippen LogP contribution in [0, 0.1) is 0 Å². The lowest BCUT2D eigenvalue weighted by atomic mass is 10.0. The number of hydrogen-bond acceptors (Lipinski definition) is 2. The van der Waals surface area contributed by atoms with Crippen molar-refractivity contribution in [3.05, 3.63) is 53.1 Å². The number of halogens is 1. The quantitative estimate of drug-likeness (QED) is 0.837. The summed E-state index contributed by atoms with van der Waals surface area (Å²) in [5.41, 5.74) is 8.53. The number of hydrogen-bond donors (Lipinski definition) is 2. The Kier molecular flexibility index (Phi) is 3.13. The van der Waals surface area contributed by atoms with Crippen molar-refractivity contribution in [1.82, 2.24) is 0 Å². The summed E-state index contributed by atoms with van der Waals surface area (Å²) in [4.78, 5) is 0. The van der Waals surface area contributed by atoms with Gasteiger partial charge in [0.1, 0.15) is 5.75 Å². The van der Waals surface area contributed by atoms with Crippen LogP contribution in [0.5, 0.6) is 5.75 Å². The van der Waals surface area contributed by atoms with Crippen LogP contribution in [0.2, 0.25) is 5.02 Å². The molecule has 82 valence electrons. The van der Waals surface area contributed by atoms with Crippen molar-refractivity contribution in [3.8, 4) is 16.9 Å². The summed E-state index contributed by atoms with van der Waals surface area (Å²) in [7, 11) is 0. The first-order valence-electron chi connectivity index (χ1n) is 4.98. The highest BCUT2D eigenvalue weighted by molar-refractivity contribution is 6.33. The molecule has 0 atom stereocenters. The average molecular weight is 234 g/mol. The number of nitrogens with two attached hydrogens (primary N) is 1. The van der Waals surface area contributed by atoms with Gasteiger partial charge in [-0.3, -0.25) is 0 Å². The van der Waals surface area contributed by atoms with Gasteiger partial charge in [0.05, 0.1) is 0 Å². The van der Waals surface area contributed by atoms with Gasteiger partial charge in [0.25, 0.3) is 0 Å². The second-order valence-electron chi connectivity index (χ2n) is 3.57. The number of phenols is 1. The van der Waals surface area contributed by atoms with Gasteiger partial charge in [-0.25, -0.2) is 0 Å². The first-order chi connectivity index (χ1) is 7.70. The van der Waals surface area contributed by atoms with E-state index in [1.165, 1.54) is 0 Å². The molecule has 3 N–H and O–H groups in total. The van der Waals surface area contributed by atoms with Gasteiger partial charge in [-0.2, -0.15) is 0 Å². The Labute approximate surface area is 99.3 Å². The minimum Gasteiger partial charge on any atom is -0.508 e. The molecule has 0 saturated heterocycles. The van der Waals surface area contributed by atoms with E-state index in [-0.39, 0.29) is 5.75 Å². The Morgan fingerprint density at radius 3 is 2.38 bits per heavy atom. The largest absolute Gasteiger partial charge is 0.508 e. The van der Waals surface area contributed by atoms with E-state index >= 15 is 0 Å². The predicted molar refractivity (Wildman–Crippen MR) is 66.4 cm³/mol. The Morgan fingerprint density at radius 1 is 1.06 bits per heavy atom. The molecule has 0 aliphatic carbocycles. The normalized spacial score (nSPS) is 10.4. The number of benzene rings is 2. The SMILES string of the molecule is NCc1ccc(Cl)c(-c2ccc(O)cc2)c1. The maximum Gasteiger partial charge on any atom is 0.115 e. The van der Waals surface area contributed by atoms with E-state index in [9.17, 15) is 5.11 Å². The lowest BCUT2D eigenvalue weighted by Crippen LogP contribution is -1.96. The van der Waals surface area contributed by atoms with Crippen LogP contribution in [-0.4, -0.2) is 5.11 Å². The van der Waals surface area contributed by atoms with Crippen LogP contribution < -0.4 is 5.73 Å². The first-order valence-corrected chi connectivity index (χ1v) is 5.36. The van der Waals surface area contributed by atoms with Crippen molar-refractivity contribution in [2.24, 2.45) is 5.73 Å². The van der Waals surface area contributed by atoms with Crippen LogP contribution in [0.4, 0.5) is 0 Å². The highest BCUT2D eigenvalue weighted by Gasteiger charge is 2.04. The molecule has 0 heterocycles. The first kappa shape index (κ1) is 11.0. The summed E-state index contributed by atoms with van der Waals surface area (Å²) in [6.45, 7) is 0.488. The van der Waals surface area contributed by atoms with Gasteiger partial charge >= 0.3 is 0 Å². The Hall–Kier alpha value is -1.51. The minimum atomic E-state index is 0.245. The third-order valence-corrected chi connectivity index (χ3v) is 2.77. The molecule has 16 heavy (non-hydrogen) atoms. The van der Waals surface area contributed by atoms with E-state index in [0.29, 0.717) is 11.6 Å². The zero-order valence-electron chi connectivity index (χ0n) is 8.65. The van der Waals surface area contributed by atoms with E-state index in [1.54, 1.807) is 12.1 Å². The second-order valence-corrected chi connectivity index (χ2v) is 3.97. The minimum absolute atomic E-state index is 0.245. The van der Waals surface area contributed by atoms with E-state index < -0.39 is 0 Å². The van der Waals surface area contributed by atoms with Crippen LogP contribution >= 0.6 is 11.6 Å². The zero-order chi connectivity index (χ0) is 11.5. The lowest BCUT2D eigenvalue weighted by molar-refractivity contribution is 0.475. The molecule has 0 aliphatic heterocycles.